The first kappa shape index (κ1) is 29.3. The molecule has 0 radical (unpaired) electrons. The molecule has 1 saturated heterocycles. The molecule has 2 amide bonds. The highest BCUT2D eigenvalue weighted by Crippen LogP contribution is 2.35. The number of carbonyl (C=O) groups is 1. The fourth-order valence-corrected chi connectivity index (χ4v) is 6.02. The summed E-state index contributed by atoms with van der Waals surface area (Å²) in [7, 11) is 3.61. The van der Waals surface area contributed by atoms with Gasteiger partial charge in [0.25, 0.3) is 0 Å². The highest BCUT2D eigenvalue weighted by Gasteiger charge is 2.34. The number of benzene rings is 2. The molecule has 4 heterocycles. The number of amides is 2. The molecule has 1 unspecified atom stereocenters. The summed E-state index contributed by atoms with van der Waals surface area (Å²) in [6, 6.07) is 22.3. The van der Waals surface area contributed by atoms with E-state index in [4.69, 9.17) is 9.84 Å². The Labute approximate surface area is 257 Å². The molecular weight excluding hydrogens is 552 g/mol. The zero-order chi connectivity index (χ0) is 30.5. The van der Waals surface area contributed by atoms with Gasteiger partial charge in [-0.1, -0.05) is 48.5 Å². The second-order valence-corrected chi connectivity index (χ2v) is 11.3. The van der Waals surface area contributed by atoms with E-state index >= 15 is 0 Å². The number of likely N-dealkylation sites (tertiary alicyclic amines) is 1. The van der Waals surface area contributed by atoms with Crippen LogP contribution in [0.25, 0.3) is 28.1 Å². The maximum atomic E-state index is 13.5. The van der Waals surface area contributed by atoms with Gasteiger partial charge in [0.1, 0.15) is 11.5 Å². The Morgan fingerprint density at radius 2 is 1.84 bits per heavy atom. The summed E-state index contributed by atoms with van der Waals surface area (Å²) in [5, 5.41) is 15.5. The summed E-state index contributed by atoms with van der Waals surface area (Å²) >= 11 is 0. The SMILES string of the molecule is COCCN1CC(CNC(=O)Nc2c(C)c(-c3cnn(C)c3)nn2-c2ccccc2)[C@H](c2cccc(-c3cccnc3)c2)C1. The average Bonchev–Trinajstić information content (AvgIpc) is 3.77. The van der Waals surface area contributed by atoms with Crippen molar-refractivity contribution in [2.24, 2.45) is 13.0 Å². The minimum atomic E-state index is -0.263. The number of pyridine rings is 1. The molecule has 0 saturated carbocycles. The van der Waals surface area contributed by atoms with E-state index < -0.39 is 0 Å². The van der Waals surface area contributed by atoms with Crippen LogP contribution in [0.2, 0.25) is 0 Å². The maximum Gasteiger partial charge on any atom is 0.320 e. The lowest BCUT2D eigenvalue weighted by Crippen LogP contribution is -2.36. The van der Waals surface area contributed by atoms with Crippen LogP contribution in [0.15, 0.2) is 91.5 Å². The van der Waals surface area contributed by atoms with Gasteiger partial charge in [0.2, 0.25) is 0 Å². The highest BCUT2D eigenvalue weighted by atomic mass is 16.5. The number of hydrogen-bond donors (Lipinski definition) is 2. The Morgan fingerprint density at radius 3 is 2.59 bits per heavy atom. The van der Waals surface area contributed by atoms with E-state index in [1.54, 1.807) is 28.9 Å². The lowest BCUT2D eigenvalue weighted by atomic mass is 9.87. The van der Waals surface area contributed by atoms with Crippen molar-refractivity contribution in [3.05, 3.63) is 103 Å². The quantitative estimate of drug-likeness (QED) is 0.234. The molecule has 0 bridgehead atoms. The predicted octanol–water partition coefficient (Wildman–Crippen LogP) is 5.13. The summed E-state index contributed by atoms with van der Waals surface area (Å²) in [6.07, 6.45) is 7.39. The average molecular weight is 591 g/mol. The number of urea groups is 1. The molecule has 5 aromatic rings. The lowest BCUT2D eigenvalue weighted by molar-refractivity contribution is 0.158. The molecule has 3 aromatic heterocycles. The van der Waals surface area contributed by atoms with Gasteiger partial charge in [-0.05, 0) is 47.7 Å². The molecule has 6 rings (SSSR count). The molecule has 1 fully saturated rings. The number of nitrogens with one attached hydrogen (secondary N) is 2. The van der Waals surface area contributed by atoms with E-state index in [-0.39, 0.29) is 17.9 Å². The number of carbonyl (C=O) groups excluding carboxylic acids is 1. The van der Waals surface area contributed by atoms with Gasteiger partial charge in [0.05, 0.1) is 18.5 Å². The largest absolute Gasteiger partial charge is 0.383 e. The summed E-state index contributed by atoms with van der Waals surface area (Å²) in [6.45, 7) is 5.81. The number of hydrogen-bond acceptors (Lipinski definition) is 6. The number of ether oxygens (including phenoxy) is 1. The van der Waals surface area contributed by atoms with Crippen LogP contribution in [0.4, 0.5) is 10.6 Å². The van der Waals surface area contributed by atoms with E-state index in [0.717, 1.165) is 53.3 Å². The molecule has 1 aliphatic rings. The predicted molar refractivity (Wildman–Crippen MR) is 172 cm³/mol. The van der Waals surface area contributed by atoms with Crippen LogP contribution in [0.1, 0.15) is 17.0 Å². The topological polar surface area (TPSA) is 102 Å². The Morgan fingerprint density at radius 1 is 1.00 bits per heavy atom. The summed E-state index contributed by atoms with van der Waals surface area (Å²) in [5.41, 5.74) is 6.89. The van der Waals surface area contributed by atoms with Gasteiger partial charge in [-0.2, -0.15) is 10.2 Å². The number of anilines is 1. The Kier molecular flexibility index (Phi) is 8.81. The smallest absolute Gasteiger partial charge is 0.320 e. The number of methoxy groups -OCH3 is 1. The molecule has 2 aromatic carbocycles. The monoisotopic (exact) mass is 590 g/mol. The van der Waals surface area contributed by atoms with Gasteiger partial charge < -0.3 is 15.0 Å². The van der Waals surface area contributed by atoms with Crippen LogP contribution >= 0.6 is 0 Å². The first-order valence-corrected chi connectivity index (χ1v) is 14.9. The number of nitrogens with zero attached hydrogens (tertiary/aromatic N) is 6. The van der Waals surface area contributed by atoms with E-state index in [1.165, 1.54) is 5.56 Å². The third-order valence-electron chi connectivity index (χ3n) is 8.30. The van der Waals surface area contributed by atoms with Crippen molar-refractivity contribution in [3.8, 4) is 28.1 Å². The minimum absolute atomic E-state index is 0.229. The van der Waals surface area contributed by atoms with Crippen molar-refractivity contribution >= 4 is 11.8 Å². The second-order valence-electron chi connectivity index (χ2n) is 11.3. The Balaban J connectivity index is 1.21. The van der Waals surface area contributed by atoms with E-state index in [1.807, 2.05) is 62.8 Å². The van der Waals surface area contributed by atoms with Gasteiger partial charge in [-0.25, -0.2) is 9.48 Å². The molecule has 10 heteroatoms. The number of aryl methyl sites for hydroxylation is 1. The van der Waals surface area contributed by atoms with Crippen LogP contribution in [0.5, 0.6) is 0 Å². The third-order valence-corrected chi connectivity index (χ3v) is 8.30. The van der Waals surface area contributed by atoms with Crippen molar-refractivity contribution in [2.45, 2.75) is 12.8 Å². The maximum absolute atomic E-state index is 13.5. The number of para-hydroxylation sites is 1. The van der Waals surface area contributed by atoms with E-state index in [0.29, 0.717) is 19.0 Å². The van der Waals surface area contributed by atoms with Crippen molar-refractivity contribution < 1.29 is 9.53 Å². The van der Waals surface area contributed by atoms with Gasteiger partial charge in [0.15, 0.2) is 0 Å². The second kappa shape index (κ2) is 13.2. The van der Waals surface area contributed by atoms with Crippen molar-refractivity contribution in [3.63, 3.8) is 0 Å². The zero-order valence-corrected chi connectivity index (χ0v) is 25.4. The highest BCUT2D eigenvalue weighted by molar-refractivity contribution is 5.90. The molecular formula is C34H38N8O2. The summed E-state index contributed by atoms with van der Waals surface area (Å²) in [5.74, 6) is 1.12. The molecule has 1 aliphatic heterocycles. The summed E-state index contributed by atoms with van der Waals surface area (Å²) < 4.78 is 8.90. The first-order valence-electron chi connectivity index (χ1n) is 14.9. The number of aromatic nitrogens is 5. The van der Waals surface area contributed by atoms with Crippen molar-refractivity contribution in [2.75, 3.05) is 45.2 Å². The molecule has 0 aliphatic carbocycles. The fourth-order valence-electron chi connectivity index (χ4n) is 6.02. The Bertz CT molecular complexity index is 1700. The standard InChI is InChI=1S/C34H38N8O2/c1-24-32(29-20-37-40(2)21-29)39-42(30-12-5-4-6-13-30)33(24)38-34(43)36-19-28-22-41(15-16-44-3)23-31(28)26-10-7-9-25(17-26)27-11-8-14-35-18-27/h4-14,17-18,20-21,28,31H,15-16,19,22-23H2,1-3H3,(H2,36,38,43)/t28?,31-/m0/s1. The molecule has 2 N–H and O–H groups in total. The van der Waals surface area contributed by atoms with Gasteiger partial charge >= 0.3 is 6.03 Å². The molecule has 10 nitrogen and oxygen atoms in total. The first-order chi connectivity index (χ1) is 21.5. The molecule has 44 heavy (non-hydrogen) atoms. The molecule has 2 atom stereocenters. The van der Waals surface area contributed by atoms with Gasteiger partial charge in [-0.15, -0.1) is 0 Å². The van der Waals surface area contributed by atoms with Crippen LogP contribution in [-0.4, -0.2) is 75.4 Å². The van der Waals surface area contributed by atoms with Crippen molar-refractivity contribution in [1.29, 1.82) is 0 Å². The normalized spacial score (nSPS) is 16.7. The zero-order valence-electron chi connectivity index (χ0n) is 25.4. The molecule has 226 valence electrons. The summed E-state index contributed by atoms with van der Waals surface area (Å²) in [4.78, 5) is 20.2. The van der Waals surface area contributed by atoms with Crippen molar-refractivity contribution in [1.82, 2.24) is 34.8 Å². The van der Waals surface area contributed by atoms with Gasteiger partial charge in [0, 0.05) is 76.0 Å². The molecule has 0 spiro atoms. The fraction of sp³-hybridized carbons (Fsp3) is 0.294. The van der Waals surface area contributed by atoms with Crippen LogP contribution < -0.4 is 10.6 Å². The minimum Gasteiger partial charge on any atom is -0.383 e. The van der Waals surface area contributed by atoms with E-state index in [2.05, 4.69) is 55.9 Å². The van der Waals surface area contributed by atoms with Crippen LogP contribution in [-0.2, 0) is 11.8 Å². The van der Waals surface area contributed by atoms with Crippen LogP contribution in [0, 0.1) is 12.8 Å². The third kappa shape index (κ3) is 6.41. The number of rotatable bonds is 10. The lowest BCUT2D eigenvalue weighted by Gasteiger charge is -2.20. The Hall–Kier alpha value is -4.80. The van der Waals surface area contributed by atoms with Gasteiger partial charge in [-0.3, -0.25) is 15.0 Å². The van der Waals surface area contributed by atoms with E-state index in [9.17, 15) is 4.79 Å². The van der Waals surface area contributed by atoms with Crippen LogP contribution in [0.3, 0.4) is 0 Å².